The van der Waals surface area contributed by atoms with Crippen molar-refractivity contribution in [3.8, 4) is 0 Å². The van der Waals surface area contributed by atoms with Crippen molar-refractivity contribution in [3.05, 3.63) is 0 Å². The molecule has 1 aliphatic heterocycles. The molecule has 0 amide bonds. The number of likely N-dealkylation sites (N-methyl/N-ethyl adjacent to an activating group) is 1. The Bertz CT molecular complexity index is 233. The quantitative estimate of drug-likeness (QED) is 0.741. The van der Waals surface area contributed by atoms with Gasteiger partial charge in [-0.05, 0) is 32.2 Å². The molecule has 16 heavy (non-hydrogen) atoms. The van der Waals surface area contributed by atoms with Crippen LogP contribution in [0.5, 0.6) is 0 Å². The van der Waals surface area contributed by atoms with Crippen LogP contribution in [0.4, 0.5) is 0 Å². The first-order chi connectivity index (χ1) is 7.54. The molecule has 3 unspecified atom stereocenters. The zero-order chi connectivity index (χ0) is 12.1. The third-order valence-corrected chi connectivity index (χ3v) is 3.41. The van der Waals surface area contributed by atoms with Crippen LogP contribution in [0.1, 0.15) is 33.6 Å². The van der Waals surface area contributed by atoms with Crippen molar-refractivity contribution in [1.29, 1.82) is 0 Å². The summed E-state index contributed by atoms with van der Waals surface area (Å²) in [5.74, 6) is -0.0560. The van der Waals surface area contributed by atoms with Gasteiger partial charge in [0.05, 0.1) is 0 Å². The third-order valence-electron chi connectivity index (χ3n) is 3.41. The topological polar surface area (TPSA) is 52.6 Å². The molecule has 3 atom stereocenters. The summed E-state index contributed by atoms with van der Waals surface area (Å²) in [6, 6.07) is 0.0782. The van der Waals surface area contributed by atoms with E-state index < -0.39 is 12.0 Å². The lowest BCUT2D eigenvalue weighted by Crippen LogP contribution is -2.51. The summed E-state index contributed by atoms with van der Waals surface area (Å²) in [6.07, 6.45) is 2.44. The fraction of sp³-hybridized carbons (Fsp3) is 0.917. The van der Waals surface area contributed by atoms with Gasteiger partial charge in [-0.3, -0.25) is 9.69 Å². The van der Waals surface area contributed by atoms with Crippen molar-refractivity contribution in [2.24, 2.45) is 5.92 Å². The number of piperidine rings is 1. The van der Waals surface area contributed by atoms with Crippen molar-refractivity contribution in [3.63, 3.8) is 0 Å². The highest BCUT2D eigenvalue weighted by Crippen LogP contribution is 2.21. The van der Waals surface area contributed by atoms with Gasteiger partial charge >= 0.3 is 5.97 Å². The second kappa shape index (κ2) is 6.21. The number of hydrogen-bond acceptors (Lipinski definition) is 3. The maximum absolute atomic E-state index is 11.1. The second-order valence-corrected chi connectivity index (χ2v) is 4.93. The van der Waals surface area contributed by atoms with Gasteiger partial charge in [0, 0.05) is 19.1 Å². The van der Waals surface area contributed by atoms with E-state index in [9.17, 15) is 4.79 Å². The van der Waals surface area contributed by atoms with Crippen LogP contribution in [0, 0.1) is 5.92 Å². The number of carboxylic acids is 1. The summed E-state index contributed by atoms with van der Waals surface area (Å²) in [4.78, 5) is 13.4. The van der Waals surface area contributed by atoms with E-state index in [0.717, 1.165) is 6.54 Å². The Hall–Kier alpha value is -0.610. The molecule has 0 spiro atoms. The van der Waals surface area contributed by atoms with Gasteiger partial charge in [-0.25, -0.2) is 0 Å². The molecule has 1 saturated heterocycles. The first-order valence-corrected chi connectivity index (χ1v) is 6.24. The second-order valence-electron chi connectivity index (χ2n) is 4.93. The first-order valence-electron chi connectivity index (χ1n) is 6.24. The molecule has 1 rings (SSSR count). The Kier molecular flexibility index (Phi) is 5.22. The molecule has 0 bridgehead atoms. The van der Waals surface area contributed by atoms with Gasteiger partial charge in [0.1, 0.15) is 6.04 Å². The number of hydrogen-bond donors (Lipinski definition) is 2. The van der Waals surface area contributed by atoms with Gasteiger partial charge in [-0.15, -0.1) is 0 Å². The van der Waals surface area contributed by atoms with Crippen molar-refractivity contribution >= 4 is 5.97 Å². The lowest BCUT2D eigenvalue weighted by molar-refractivity contribution is -0.140. The highest BCUT2D eigenvalue weighted by Gasteiger charge is 2.27. The molecule has 0 aliphatic carbocycles. The molecule has 0 radical (unpaired) electrons. The van der Waals surface area contributed by atoms with E-state index in [0.29, 0.717) is 25.0 Å². The van der Waals surface area contributed by atoms with Crippen LogP contribution in [-0.4, -0.2) is 47.7 Å². The molecule has 2 N–H and O–H groups in total. The molecule has 0 aromatic carbocycles. The molecule has 4 heteroatoms. The van der Waals surface area contributed by atoms with E-state index in [1.54, 1.807) is 0 Å². The van der Waals surface area contributed by atoms with E-state index in [4.69, 9.17) is 5.11 Å². The molecule has 0 aromatic heterocycles. The summed E-state index contributed by atoms with van der Waals surface area (Å²) in [7, 11) is 0. The van der Waals surface area contributed by atoms with Gasteiger partial charge < -0.3 is 10.4 Å². The Labute approximate surface area is 98.0 Å². The maximum atomic E-state index is 11.1. The number of likely N-dealkylation sites (tertiary alicyclic amines) is 1. The van der Waals surface area contributed by atoms with Crippen molar-refractivity contribution in [1.82, 2.24) is 10.2 Å². The lowest BCUT2D eigenvalue weighted by Gasteiger charge is -2.38. The Balaban J connectivity index is 2.51. The molecular weight excluding hydrogens is 204 g/mol. The number of aliphatic carboxylic acids is 1. The zero-order valence-electron chi connectivity index (χ0n) is 10.6. The number of rotatable bonds is 5. The molecule has 0 aromatic rings. The maximum Gasteiger partial charge on any atom is 0.322 e. The van der Waals surface area contributed by atoms with Gasteiger partial charge in [0.15, 0.2) is 0 Å². The fourth-order valence-corrected chi connectivity index (χ4v) is 2.35. The number of carboxylic acid groups (broad SMARTS) is 1. The van der Waals surface area contributed by atoms with E-state index in [1.807, 2.05) is 6.92 Å². The van der Waals surface area contributed by atoms with Crippen LogP contribution in [0.25, 0.3) is 0 Å². The standard InChI is InChI=1S/C12H24N2O2/c1-4-13-11(12(15)16)8-14-7-9(2)5-6-10(14)3/h9-11,13H,4-8H2,1-3H3,(H,15,16). The summed E-state index contributed by atoms with van der Waals surface area (Å²) in [5, 5.41) is 12.1. The van der Waals surface area contributed by atoms with E-state index in [2.05, 4.69) is 24.1 Å². The molecule has 0 saturated carbocycles. The SMILES string of the molecule is CCNC(CN1CC(C)CCC1C)C(=O)O. The minimum absolute atomic E-state index is 0.433. The predicted molar refractivity (Wildman–Crippen MR) is 64.5 cm³/mol. The molecular formula is C12H24N2O2. The van der Waals surface area contributed by atoms with Crippen LogP contribution < -0.4 is 5.32 Å². The van der Waals surface area contributed by atoms with Crippen LogP contribution in [0.3, 0.4) is 0 Å². The number of nitrogens with zero attached hydrogens (tertiary/aromatic N) is 1. The summed E-state index contributed by atoms with van der Waals surface area (Å²) >= 11 is 0. The van der Waals surface area contributed by atoms with Crippen LogP contribution >= 0.6 is 0 Å². The highest BCUT2D eigenvalue weighted by molar-refractivity contribution is 5.73. The van der Waals surface area contributed by atoms with Gasteiger partial charge in [0.25, 0.3) is 0 Å². The van der Waals surface area contributed by atoms with Crippen molar-refractivity contribution < 1.29 is 9.90 Å². The minimum Gasteiger partial charge on any atom is -0.480 e. The third kappa shape index (κ3) is 3.76. The van der Waals surface area contributed by atoms with Crippen LogP contribution in [0.15, 0.2) is 0 Å². The Morgan fingerprint density at radius 1 is 1.50 bits per heavy atom. The van der Waals surface area contributed by atoms with E-state index >= 15 is 0 Å². The average molecular weight is 228 g/mol. The van der Waals surface area contributed by atoms with Gasteiger partial charge in [-0.2, -0.15) is 0 Å². The predicted octanol–water partition coefficient (Wildman–Crippen LogP) is 1.17. The van der Waals surface area contributed by atoms with Crippen molar-refractivity contribution in [2.75, 3.05) is 19.6 Å². The van der Waals surface area contributed by atoms with E-state index in [-0.39, 0.29) is 0 Å². The summed E-state index contributed by atoms with van der Waals surface area (Å²) < 4.78 is 0. The van der Waals surface area contributed by atoms with Gasteiger partial charge in [-0.1, -0.05) is 13.8 Å². The largest absolute Gasteiger partial charge is 0.480 e. The van der Waals surface area contributed by atoms with Crippen molar-refractivity contribution in [2.45, 2.75) is 45.7 Å². The minimum atomic E-state index is -0.743. The average Bonchev–Trinajstić information content (AvgIpc) is 2.22. The van der Waals surface area contributed by atoms with Crippen LogP contribution in [-0.2, 0) is 4.79 Å². The number of nitrogens with one attached hydrogen (secondary N) is 1. The molecule has 1 fully saturated rings. The smallest absolute Gasteiger partial charge is 0.322 e. The highest BCUT2D eigenvalue weighted by atomic mass is 16.4. The lowest BCUT2D eigenvalue weighted by atomic mass is 9.94. The first kappa shape index (κ1) is 13.5. The monoisotopic (exact) mass is 228 g/mol. The molecule has 1 heterocycles. The molecule has 1 aliphatic rings. The molecule has 4 nitrogen and oxygen atoms in total. The summed E-state index contributed by atoms with van der Waals surface area (Å²) in [5.41, 5.74) is 0. The normalized spacial score (nSPS) is 28.9. The zero-order valence-corrected chi connectivity index (χ0v) is 10.6. The Morgan fingerprint density at radius 3 is 2.75 bits per heavy atom. The molecule has 94 valence electrons. The van der Waals surface area contributed by atoms with Gasteiger partial charge in [0.2, 0.25) is 0 Å². The Morgan fingerprint density at radius 2 is 2.19 bits per heavy atom. The fourth-order valence-electron chi connectivity index (χ4n) is 2.35. The van der Waals surface area contributed by atoms with E-state index in [1.165, 1.54) is 12.8 Å². The number of carbonyl (C=O) groups is 1. The van der Waals surface area contributed by atoms with Crippen LogP contribution in [0.2, 0.25) is 0 Å². The summed E-state index contributed by atoms with van der Waals surface area (Å²) in [6.45, 7) is 8.72.